The van der Waals surface area contributed by atoms with Crippen molar-refractivity contribution in [2.75, 3.05) is 39.7 Å². The average molecular weight is 570 g/mol. The van der Waals surface area contributed by atoms with Crippen molar-refractivity contribution in [3.05, 3.63) is 86.5 Å². The number of unbranched alkanes of at least 4 members (excludes halogenated alkanes) is 1. The molecule has 216 valence electrons. The van der Waals surface area contributed by atoms with E-state index in [0.29, 0.717) is 17.5 Å². The van der Waals surface area contributed by atoms with Gasteiger partial charge in [-0.25, -0.2) is 19.3 Å². The van der Waals surface area contributed by atoms with Gasteiger partial charge in [0.1, 0.15) is 6.04 Å². The predicted octanol–water partition coefficient (Wildman–Crippen LogP) is 4.68. The van der Waals surface area contributed by atoms with Crippen LogP contribution in [0.25, 0.3) is 0 Å². The summed E-state index contributed by atoms with van der Waals surface area (Å²) in [6, 6.07) is 10.8. The molecule has 0 saturated heterocycles. The van der Waals surface area contributed by atoms with Gasteiger partial charge in [-0.3, -0.25) is 4.90 Å². The summed E-state index contributed by atoms with van der Waals surface area (Å²) in [7, 11) is 7.50. The van der Waals surface area contributed by atoms with Crippen LogP contribution in [-0.2, 0) is 22.1 Å². The molecule has 1 unspecified atom stereocenters. The Morgan fingerprint density at radius 1 is 1.17 bits per heavy atom. The van der Waals surface area contributed by atoms with Crippen LogP contribution in [-0.4, -0.2) is 60.0 Å². The van der Waals surface area contributed by atoms with Crippen LogP contribution in [0.15, 0.2) is 58.5 Å². The number of carbonyl (C=O) groups excluding carboxylic acids is 1. The Morgan fingerprint density at radius 3 is 2.54 bits per heavy atom. The highest BCUT2D eigenvalue weighted by molar-refractivity contribution is 5.93. The fraction of sp³-hybridized carbons (Fsp3) is 0.379. The number of allylic oxidation sites excluding steroid dienone is 1. The van der Waals surface area contributed by atoms with Gasteiger partial charge in [-0.1, -0.05) is 12.1 Å². The van der Waals surface area contributed by atoms with Gasteiger partial charge in [0, 0.05) is 11.4 Å². The zero-order valence-electron chi connectivity index (χ0n) is 23.5. The molecule has 0 aliphatic carbocycles. The smallest absolute Gasteiger partial charge is 0.416 e. The quantitative estimate of drug-likeness (QED) is 0.240. The van der Waals surface area contributed by atoms with E-state index in [4.69, 9.17) is 4.74 Å². The molecule has 4 rings (SSSR count). The maximum absolute atomic E-state index is 13.6. The molecule has 0 fully saturated rings. The molecular formula is C29H32F3N6O3+. The van der Waals surface area contributed by atoms with Gasteiger partial charge in [-0.15, -0.1) is 5.10 Å². The van der Waals surface area contributed by atoms with E-state index < -0.39 is 29.4 Å². The number of aryl methyl sites for hydroxylation is 1. The number of quaternary nitrogens is 1. The molecule has 0 bridgehead atoms. The van der Waals surface area contributed by atoms with Gasteiger partial charge in [0.15, 0.2) is 0 Å². The molecule has 2 aromatic carbocycles. The largest absolute Gasteiger partial charge is 0.466 e. The third kappa shape index (κ3) is 6.05. The Bertz CT molecular complexity index is 1590. The van der Waals surface area contributed by atoms with Crippen molar-refractivity contribution in [3.63, 3.8) is 0 Å². The number of alkyl halides is 3. The fourth-order valence-electron chi connectivity index (χ4n) is 5.14. The summed E-state index contributed by atoms with van der Waals surface area (Å²) in [5.74, 6) is -0.728. The number of nitriles is 1. The van der Waals surface area contributed by atoms with Crippen molar-refractivity contribution in [1.29, 1.82) is 5.26 Å². The van der Waals surface area contributed by atoms with Gasteiger partial charge < -0.3 is 9.22 Å². The summed E-state index contributed by atoms with van der Waals surface area (Å²) < 4.78 is 47.9. The minimum Gasteiger partial charge on any atom is -0.466 e. The lowest BCUT2D eigenvalue weighted by atomic mass is 9.88. The van der Waals surface area contributed by atoms with Crippen molar-refractivity contribution in [2.24, 2.45) is 0 Å². The van der Waals surface area contributed by atoms with E-state index in [0.717, 1.165) is 41.6 Å². The molecule has 1 aliphatic rings. The van der Waals surface area contributed by atoms with Crippen molar-refractivity contribution in [2.45, 2.75) is 38.4 Å². The second kappa shape index (κ2) is 11.2. The van der Waals surface area contributed by atoms with Crippen LogP contribution in [0.4, 0.5) is 24.8 Å². The van der Waals surface area contributed by atoms with Gasteiger partial charge >= 0.3 is 17.8 Å². The Hall–Kier alpha value is -4.37. The number of halogens is 3. The number of nitrogens with zero attached hydrogens (tertiary/aromatic N) is 5. The van der Waals surface area contributed by atoms with Crippen LogP contribution in [0.5, 0.6) is 0 Å². The summed E-state index contributed by atoms with van der Waals surface area (Å²) in [4.78, 5) is 27.9. The Balaban J connectivity index is 1.91. The lowest BCUT2D eigenvalue weighted by Crippen LogP contribution is -2.38. The van der Waals surface area contributed by atoms with E-state index in [9.17, 15) is 28.0 Å². The molecule has 3 aromatic rings. The maximum Gasteiger partial charge on any atom is 0.416 e. The van der Waals surface area contributed by atoms with Crippen molar-refractivity contribution >= 4 is 17.6 Å². The van der Waals surface area contributed by atoms with Gasteiger partial charge in [0.2, 0.25) is 5.95 Å². The molecular weight excluding hydrogens is 537 g/mol. The molecule has 0 spiro atoms. The first-order valence-electron chi connectivity index (χ1n) is 13.0. The first-order chi connectivity index (χ1) is 19.3. The van der Waals surface area contributed by atoms with Gasteiger partial charge in [-0.2, -0.15) is 18.4 Å². The third-order valence-electron chi connectivity index (χ3n) is 7.07. The number of aromatic amines is 1. The number of methoxy groups -OCH3 is 1. The number of ether oxygens (including phenoxy) is 1. The second-order valence-corrected chi connectivity index (χ2v) is 11.0. The first-order valence-corrected chi connectivity index (χ1v) is 13.0. The monoisotopic (exact) mass is 569 g/mol. The topological polar surface area (TPSA) is 104 Å². The van der Waals surface area contributed by atoms with Crippen LogP contribution in [0, 0.1) is 11.3 Å². The van der Waals surface area contributed by atoms with E-state index in [1.165, 1.54) is 28.7 Å². The molecule has 1 atom stereocenters. The zero-order valence-corrected chi connectivity index (χ0v) is 23.5. The number of anilines is 2. The van der Waals surface area contributed by atoms with Crippen LogP contribution in [0.2, 0.25) is 0 Å². The van der Waals surface area contributed by atoms with Crippen molar-refractivity contribution in [3.8, 4) is 6.07 Å². The van der Waals surface area contributed by atoms with Gasteiger partial charge in [-0.05, 0) is 67.6 Å². The maximum atomic E-state index is 13.6. The summed E-state index contributed by atoms with van der Waals surface area (Å²) in [6.07, 6.45) is -2.33. The first kappa shape index (κ1) is 29.6. The summed E-state index contributed by atoms with van der Waals surface area (Å²) in [5.41, 5.74) is 0.646. The minimum absolute atomic E-state index is 0.0184. The second-order valence-electron chi connectivity index (χ2n) is 11.0. The number of hydrogen-bond acceptors (Lipinski definition) is 6. The van der Waals surface area contributed by atoms with E-state index in [1.54, 1.807) is 25.1 Å². The molecule has 0 saturated carbocycles. The normalized spacial score (nSPS) is 15.5. The molecule has 1 aliphatic heterocycles. The molecule has 9 nitrogen and oxygen atoms in total. The molecule has 1 N–H and O–H groups in total. The van der Waals surface area contributed by atoms with E-state index in [-0.39, 0.29) is 22.9 Å². The van der Waals surface area contributed by atoms with E-state index >= 15 is 0 Å². The number of esters is 1. The fourth-order valence-corrected chi connectivity index (χ4v) is 5.14. The van der Waals surface area contributed by atoms with Crippen LogP contribution in [0.3, 0.4) is 0 Å². The Labute approximate surface area is 235 Å². The van der Waals surface area contributed by atoms with Crippen molar-refractivity contribution in [1.82, 2.24) is 14.8 Å². The lowest BCUT2D eigenvalue weighted by Gasteiger charge is -2.36. The molecule has 12 heteroatoms. The van der Waals surface area contributed by atoms with Crippen LogP contribution < -0.4 is 10.6 Å². The summed E-state index contributed by atoms with van der Waals surface area (Å²) in [5, 5.41) is 16.1. The number of H-pyrrole nitrogens is 1. The molecule has 2 heterocycles. The average Bonchev–Trinajstić information content (AvgIpc) is 3.29. The Morgan fingerprint density at radius 2 is 1.90 bits per heavy atom. The number of fused-ring (bicyclic) bond motifs is 1. The van der Waals surface area contributed by atoms with E-state index in [1.807, 2.05) is 0 Å². The lowest BCUT2D eigenvalue weighted by molar-refractivity contribution is -0.870. The highest BCUT2D eigenvalue weighted by atomic mass is 19.4. The highest BCUT2D eigenvalue weighted by Gasteiger charge is 2.41. The highest BCUT2D eigenvalue weighted by Crippen LogP contribution is 2.43. The molecule has 41 heavy (non-hydrogen) atoms. The minimum atomic E-state index is -4.61. The van der Waals surface area contributed by atoms with Gasteiger partial charge in [0.05, 0.1) is 57.6 Å². The predicted molar refractivity (Wildman–Crippen MR) is 146 cm³/mol. The van der Waals surface area contributed by atoms with Gasteiger partial charge in [0.25, 0.3) is 0 Å². The number of rotatable bonds is 8. The SMILES string of the molecule is COC(=O)C1=C(C)N(c2cccc(C(F)(F)F)c2)c2n[nH]c(=O)n2C1c1ccc(C#N)cc1CCCC[N+](C)(C)C. The number of hydrogen-bond donors (Lipinski definition) is 1. The number of nitrogens with one attached hydrogen (secondary N) is 1. The number of aromatic nitrogens is 3. The molecule has 0 amide bonds. The summed E-state index contributed by atoms with van der Waals surface area (Å²) >= 11 is 0. The number of benzene rings is 2. The standard InChI is InChI=1S/C29H31F3N6O3/c1-18-24(26(39)41-5)25(23-13-12-19(17-33)15-20(23)9-6-7-14-38(2,3)4)37-27(34-35-28(37)40)36(18)22-11-8-10-21(16-22)29(30,31)32/h8,10-13,15-16,25H,6-7,9,14H2,1-5H3/p+1. The molecule has 1 aromatic heterocycles. The van der Waals surface area contributed by atoms with Crippen molar-refractivity contribution < 1.29 is 27.2 Å². The van der Waals surface area contributed by atoms with Crippen LogP contribution >= 0.6 is 0 Å². The summed E-state index contributed by atoms with van der Waals surface area (Å²) in [6.45, 7) is 2.51. The number of carbonyl (C=O) groups is 1. The Kier molecular flexibility index (Phi) is 8.12. The third-order valence-corrected chi connectivity index (χ3v) is 7.07. The van der Waals surface area contributed by atoms with Crippen LogP contribution in [0.1, 0.15) is 48.1 Å². The zero-order chi connectivity index (χ0) is 30.1. The molecule has 0 radical (unpaired) electrons. The van der Waals surface area contributed by atoms with E-state index in [2.05, 4.69) is 37.4 Å².